The smallest absolute Gasteiger partial charge is 0.173 e. The molecule has 0 radical (unpaired) electrons. The highest BCUT2D eigenvalue weighted by Gasteiger charge is 2.39. The number of tetrazole rings is 1. The normalized spacial score (nSPS) is 19.4. The van der Waals surface area contributed by atoms with E-state index in [4.69, 9.17) is 4.74 Å². The standard InChI is InChI=1S/C24H29N5O/c1-24(14-7-8-15-24)29-23(25-26-27-29)22(20-11-5-6-12-21(20)30-2)28-16-13-18-9-3-4-10-19(18)17-28/h3-6,9-12,22H,7-8,13-17H2,1-2H3. The Hall–Kier alpha value is -2.73. The zero-order valence-corrected chi connectivity index (χ0v) is 17.8. The van der Waals surface area contributed by atoms with Crippen molar-refractivity contribution in [2.45, 2.75) is 57.2 Å². The van der Waals surface area contributed by atoms with Gasteiger partial charge < -0.3 is 4.74 Å². The molecular weight excluding hydrogens is 374 g/mol. The molecule has 0 amide bonds. The second-order valence-electron chi connectivity index (χ2n) is 8.79. The van der Waals surface area contributed by atoms with Gasteiger partial charge in [0.2, 0.25) is 0 Å². The molecule has 1 aliphatic heterocycles. The summed E-state index contributed by atoms with van der Waals surface area (Å²) >= 11 is 0. The largest absolute Gasteiger partial charge is 0.496 e. The van der Waals surface area contributed by atoms with Crippen LogP contribution in [0, 0.1) is 0 Å². The third kappa shape index (κ3) is 3.29. The van der Waals surface area contributed by atoms with E-state index in [0.29, 0.717) is 0 Å². The number of aromatic nitrogens is 4. The Kier molecular flexibility index (Phi) is 5.03. The number of hydrogen-bond acceptors (Lipinski definition) is 5. The fourth-order valence-corrected chi connectivity index (χ4v) is 5.23. The van der Waals surface area contributed by atoms with E-state index in [1.54, 1.807) is 7.11 Å². The highest BCUT2D eigenvalue weighted by Crippen LogP contribution is 2.41. The van der Waals surface area contributed by atoms with E-state index in [0.717, 1.165) is 49.5 Å². The van der Waals surface area contributed by atoms with Crippen LogP contribution < -0.4 is 4.74 Å². The van der Waals surface area contributed by atoms with Gasteiger partial charge in [-0.1, -0.05) is 55.3 Å². The first-order valence-electron chi connectivity index (χ1n) is 10.9. The van der Waals surface area contributed by atoms with Gasteiger partial charge >= 0.3 is 0 Å². The fourth-order valence-electron chi connectivity index (χ4n) is 5.23. The predicted molar refractivity (Wildman–Crippen MR) is 115 cm³/mol. The summed E-state index contributed by atoms with van der Waals surface area (Å²) in [6, 6.07) is 17.0. The Bertz CT molecular complexity index is 1020. The highest BCUT2D eigenvalue weighted by molar-refractivity contribution is 5.40. The van der Waals surface area contributed by atoms with Gasteiger partial charge in [-0.25, -0.2) is 4.68 Å². The van der Waals surface area contributed by atoms with Crippen LogP contribution in [-0.2, 0) is 18.5 Å². The Balaban J connectivity index is 1.61. The Morgan fingerprint density at radius 3 is 2.53 bits per heavy atom. The number of ether oxygens (including phenoxy) is 1. The van der Waals surface area contributed by atoms with Crippen LogP contribution in [0.3, 0.4) is 0 Å². The van der Waals surface area contributed by atoms with Crippen LogP contribution in [0.4, 0.5) is 0 Å². The first kappa shape index (κ1) is 19.2. The van der Waals surface area contributed by atoms with Crippen LogP contribution in [0.2, 0.25) is 0 Å². The van der Waals surface area contributed by atoms with Crippen LogP contribution in [0.25, 0.3) is 0 Å². The molecule has 30 heavy (non-hydrogen) atoms. The van der Waals surface area contributed by atoms with Gasteiger partial charge in [0.05, 0.1) is 12.6 Å². The lowest BCUT2D eigenvalue weighted by Gasteiger charge is -2.37. The number of para-hydroxylation sites is 1. The van der Waals surface area contributed by atoms with Gasteiger partial charge in [0.1, 0.15) is 11.8 Å². The molecule has 1 aromatic heterocycles. The predicted octanol–water partition coefficient (Wildman–Crippen LogP) is 4.12. The third-order valence-electron chi connectivity index (χ3n) is 6.89. The lowest BCUT2D eigenvalue weighted by molar-refractivity contribution is 0.177. The van der Waals surface area contributed by atoms with Crippen molar-refractivity contribution in [3.63, 3.8) is 0 Å². The van der Waals surface area contributed by atoms with Crippen molar-refractivity contribution < 1.29 is 4.74 Å². The summed E-state index contributed by atoms with van der Waals surface area (Å²) in [4.78, 5) is 2.50. The van der Waals surface area contributed by atoms with Crippen molar-refractivity contribution in [2.24, 2.45) is 0 Å². The maximum atomic E-state index is 5.77. The van der Waals surface area contributed by atoms with Crippen LogP contribution in [0.15, 0.2) is 48.5 Å². The Labute approximate surface area is 177 Å². The molecule has 0 saturated heterocycles. The summed E-state index contributed by atoms with van der Waals surface area (Å²) in [7, 11) is 1.74. The lowest BCUT2D eigenvalue weighted by Crippen LogP contribution is -2.39. The van der Waals surface area contributed by atoms with E-state index in [2.05, 4.69) is 68.4 Å². The monoisotopic (exact) mass is 403 g/mol. The SMILES string of the molecule is COc1ccccc1C(c1nnnn1C1(C)CCCC1)N1CCc2ccccc2C1. The highest BCUT2D eigenvalue weighted by atomic mass is 16.5. The number of hydrogen-bond donors (Lipinski definition) is 0. The zero-order valence-electron chi connectivity index (χ0n) is 17.8. The minimum atomic E-state index is -0.0538. The number of rotatable bonds is 5. The van der Waals surface area contributed by atoms with E-state index in [1.165, 1.54) is 24.0 Å². The molecular formula is C24H29N5O. The average Bonchev–Trinajstić information content (AvgIpc) is 3.45. The van der Waals surface area contributed by atoms with E-state index >= 15 is 0 Å². The minimum Gasteiger partial charge on any atom is -0.496 e. The van der Waals surface area contributed by atoms with Gasteiger partial charge in [-0.05, 0) is 53.8 Å². The van der Waals surface area contributed by atoms with Crippen LogP contribution >= 0.6 is 0 Å². The van der Waals surface area contributed by atoms with Crippen molar-refractivity contribution in [1.29, 1.82) is 0 Å². The molecule has 6 nitrogen and oxygen atoms in total. The Morgan fingerprint density at radius 1 is 1.00 bits per heavy atom. The molecule has 0 N–H and O–H groups in total. The molecule has 0 bridgehead atoms. The van der Waals surface area contributed by atoms with Crippen LogP contribution in [0.5, 0.6) is 5.75 Å². The molecule has 3 aromatic rings. The van der Waals surface area contributed by atoms with Crippen molar-refractivity contribution in [1.82, 2.24) is 25.1 Å². The van der Waals surface area contributed by atoms with Crippen molar-refractivity contribution in [3.05, 3.63) is 71.0 Å². The van der Waals surface area contributed by atoms with Crippen LogP contribution in [0.1, 0.15) is 61.2 Å². The van der Waals surface area contributed by atoms with Crippen molar-refractivity contribution >= 4 is 0 Å². The fraction of sp³-hybridized carbons (Fsp3) is 0.458. The molecule has 6 heteroatoms. The second kappa shape index (κ2) is 7.84. The van der Waals surface area contributed by atoms with E-state index < -0.39 is 0 Å². The zero-order chi connectivity index (χ0) is 20.6. The summed E-state index contributed by atoms with van der Waals surface area (Å²) in [5, 5.41) is 13.2. The van der Waals surface area contributed by atoms with Crippen LogP contribution in [-0.4, -0.2) is 38.8 Å². The first-order chi connectivity index (χ1) is 14.7. The minimum absolute atomic E-state index is 0.0210. The van der Waals surface area contributed by atoms with Gasteiger partial charge in [-0.2, -0.15) is 0 Å². The quantitative estimate of drug-likeness (QED) is 0.641. The number of nitrogens with zero attached hydrogens (tertiary/aromatic N) is 5. The molecule has 1 atom stereocenters. The lowest BCUT2D eigenvalue weighted by atomic mass is 9.94. The van der Waals surface area contributed by atoms with Gasteiger partial charge in [-0.3, -0.25) is 4.90 Å². The molecule has 1 fully saturated rings. The van der Waals surface area contributed by atoms with Gasteiger partial charge in [0.25, 0.3) is 0 Å². The Morgan fingerprint density at radius 2 is 1.73 bits per heavy atom. The number of fused-ring (bicyclic) bond motifs is 1. The molecule has 156 valence electrons. The van der Waals surface area contributed by atoms with E-state index in [-0.39, 0.29) is 11.6 Å². The van der Waals surface area contributed by atoms with Crippen molar-refractivity contribution in [2.75, 3.05) is 13.7 Å². The maximum Gasteiger partial charge on any atom is 0.173 e. The molecule has 2 aliphatic rings. The number of methoxy groups -OCH3 is 1. The maximum absolute atomic E-state index is 5.77. The van der Waals surface area contributed by atoms with Crippen molar-refractivity contribution in [3.8, 4) is 5.75 Å². The van der Waals surface area contributed by atoms with E-state index in [1.807, 2.05) is 12.1 Å². The first-order valence-corrected chi connectivity index (χ1v) is 10.9. The van der Waals surface area contributed by atoms with E-state index in [9.17, 15) is 0 Å². The van der Waals surface area contributed by atoms with Gasteiger partial charge in [0, 0.05) is 18.7 Å². The molecule has 2 heterocycles. The molecule has 1 aliphatic carbocycles. The molecule has 0 spiro atoms. The molecule has 1 unspecified atom stereocenters. The summed E-state index contributed by atoms with van der Waals surface area (Å²) in [5.74, 6) is 1.80. The average molecular weight is 404 g/mol. The summed E-state index contributed by atoms with van der Waals surface area (Å²) < 4.78 is 7.88. The molecule has 1 saturated carbocycles. The second-order valence-corrected chi connectivity index (χ2v) is 8.79. The third-order valence-corrected chi connectivity index (χ3v) is 6.89. The topological polar surface area (TPSA) is 56.1 Å². The summed E-state index contributed by atoms with van der Waals surface area (Å²) in [5.41, 5.74) is 3.92. The summed E-state index contributed by atoms with van der Waals surface area (Å²) in [6.07, 6.45) is 5.72. The number of benzene rings is 2. The van der Waals surface area contributed by atoms with Gasteiger partial charge in [-0.15, -0.1) is 5.10 Å². The summed E-state index contributed by atoms with van der Waals surface area (Å²) in [6.45, 7) is 4.14. The van der Waals surface area contributed by atoms with Gasteiger partial charge in [0.15, 0.2) is 5.82 Å². The molecule has 5 rings (SSSR count). The molecule has 2 aromatic carbocycles.